The Kier molecular flexibility index (Phi) is 6.23. The number of piperazine rings is 1. The van der Waals surface area contributed by atoms with Crippen molar-refractivity contribution >= 4 is 11.6 Å². The smallest absolute Gasteiger partial charge is 0.272 e. The molecule has 1 saturated heterocycles. The summed E-state index contributed by atoms with van der Waals surface area (Å²) in [7, 11) is 1.60. The van der Waals surface area contributed by atoms with Gasteiger partial charge < -0.3 is 14.5 Å². The lowest BCUT2D eigenvalue weighted by atomic mass is 10.1. The fourth-order valence-electron chi connectivity index (χ4n) is 4.48. The summed E-state index contributed by atoms with van der Waals surface area (Å²) in [6.45, 7) is 4.78. The molecule has 4 aromatic rings. The monoisotopic (exact) mass is 470 g/mol. The number of anilines is 1. The normalized spacial score (nSPS) is 13.7. The van der Waals surface area contributed by atoms with Crippen LogP contribution in [0.3, 0.4) is 0 Å². The summed E-state index contributed by atoms with van der Waals surface area (Å²) in [4.78, 5) is 17.8. The highest BCUT2D eigenvalue weighted by Gasteiger charge is 2.27. The van der Waals surface area contributed by atoms with Crippen LogP contribution >= 0.6 is 0 Å². The van der Waals surface area contributed by atoms with E-state index in [1.54, 1.807) is 36.1 Å². The minimum Gasteiger partial charge on any atom is -0.497 e. The Morgan fingerprint density at radius 3 is 2.29 bits per heavy atom. The van der Waals surface area contributed by atoms with Crippen LogP contribution < -0.4 is 9.64 Å². The number of nitrogens with zero attached hydrogens (tertiary/aromatic N) is 4. The summed E-state index contributed by atoms with van der Waals surface area (Å²) in [6.07, 6.45) is 0. The van der Waals surface area contributed by atoms with Gasteiger partial charge in [0.15, 0.2) is 0 Å². The molecular weight excluding hydrogens is 443 g/mol. The first-order valence-corrected chi connectivity index (χ1v) is 11.6. The van der Waals surface area contributed by atoms with E-state index in [2.05, 4.69) is 29.1 Å². The third-order valence-corrected chi connectivity index (χ3v) is 6.42. The van der Waals surface area contributed by atoms with E-state index in [-0.39, 0.29) is 11.7 Å². The van der Waals surface area contributed by atoms with Gasteiger partial charge in [0.05, 0.1) is 18.5 Å². The molecule has 35 heavy (non-hydrogen) atoms. The number of carbonyl (C=O) groups is 1. The summed E-state index contributed by atoms with van der Waals surface area (Å²) in [5, 5.41) is 4.64. The van der Waals surface area contributed by atoms with Gasteiger partial charge in [-0.05, 0) is 61.0 Å². The standard InChI is InChI=1S/C28H27FN4O2/c1-20-7-3-6-10-26(20)31-15-17-32(18-16-31)28(34)27-19-25(23-8-4-5-9-24(23)29)30-33(27)21-11-13-22(35-2)14-12-21/h3-14,19H,15-18H2,1-2H3. The zero-order chi connectivity index (χ0) is 24.4. The highest BCUT2D eigenvalue weighted by Crippen LogP contribution is 2.27. The number of halogens is 1. The van der Waals surface area contributed by atoms with Crippen LogP contribution in [-0.2, 0) is 0 Å². The molecule has 0 saturated carbocycles. The summed E-state index contributed by atoms with van der Waals surface area (Å²) < 4.78 is 21.4. The summed E-state index contributed by atoms with van der Waals surface area (Å²) in [5.41, 5.74) is 4.30. The van der Waals surface area contributed by atoms with Gasteiger partial charge in [-0.15, -0.1) is 0 Å². The summed E-state index contributed by atoms with van der Waals surface area (Å²) in [6, 6.07) is 23.7. The Bertz CT molecular complexity index is 1340. The lowest BCUT2D eigenvalue weighted by molar-refractivity contribution is 0.0737. The lowest BCUT2D eigenvalue weighted by Gasteiger charge is -2.36. The predicted molar refractivity (Wildman–Crippen MR) is 135 cm³/mol. The van der Waals surface area contributed by atoms with Gasteiger partial charge in [-0.3, -0.25) is 4.79 Å². The number of aryl methyl sites for hydroxylation is 1. The van der Waals surface area contributed by atoms with E-state index in [4.69, 9.17) is 4.74 Å². The van der Waals surface area contributed by atoms with E-state index in [9.17, 15) is 9.18 Å². The van der Waals surface area contributed by atoms with Crippen LogP contribution in [0, 0.1) is 12.7 Å². The van der Waals surface area contributed by atoms with Crippen LogP contribution in [0.5, 0.6) is 5.75 Å². The molecule has 3 aromatic carbocycles. The molecule has 0 radical (unpaired) electrons. The molecule has 0 spiro atoms. The van der Waals surface area contributed by atoms with Gasteiger partial charge in [0.25, 0.3) is 5.91 Å². The third-order valence-electron chi connectivity index (χ3n) is 6.42. The topological polar surface area (TPSA) is 50.6 Å². The molecule has 1 aliphatic rings. The first-order chi connectivity index (χ1) is 17.0. The Morgan fingerprint density at radius 2 is 1.60 bits per heavy atom. The highest BCUT2D eigenvalue weighted by molar-refractivity contribution is 5.94. The van der Waals surface area contributed by atoms with Gasteiger partial charge in [0.2, 0.25) is 0 Å². The molecule has 6 nitrogen and oxygen atoms in total. The van der Waals surface area contributed by atoms with Crippen molar-refractivity contribution in [2.75, 3.05) is 38.2 Å². The second-order valence-electron chi connectivity index (χ2n) is 8.57. The number of methoxy groups -OCH3 is 1. The maximum absolute atomic E-state index is 14.5. The van der Waals surface area contributed by atoms with Crippen molar-refractivity contribution in [3.8, 4) is 22.7 Å². The van der Waals surface area contributed by atoms with E-state index < -0.39 is 0 Å². The number of benzene rings is 3. The number of carbonyl (C=O) groups excluding carboxylic acids is 1. The lowest BCUT2D eigenvalue weighted by Crippen LogP contribution is -2.49. The first-order valence-electron chi connectivity index (χ1n) is 11.6. The molecule has 178 valence electrons. The van der Waals surface area contributed by atoms with Gasteiger partial charge in [-0.25, -0.2) is 9.07 Å². The number of aromatic nitrogens is 2. The minimum absolute atomic E-state index is 0.125. The molecule has 1 aliphatic heterocycles. The summed E-state index contributed by atoms with van der Waals surface area (Å²) in [5.74, 6) is 0.202. The van der Waals surface area contributed by atoms with Crippen LogP contribution in [-0.4, -0.2) is 53.9 Å². The molecule has 7 heteroatoms. The number of ether oxygens (including phenoxy) is 1. The molecule has 0 atom stereocenters. The molecule has 1 fully saturated rings. The number of hydrogen-bond acceptors (Lipinski definition) is 4. The first kappa shape index (κ1) is 22.7. The second-order valence-corrected chi connectivity index (χ2v) is 8.57. The van der Waals surface area contributed by atoms with Crippen molar-refractivity contribution < 1.29 is 13.9 Å². The molecule has 5 rings (SSSR count). The zero-order valence-corrected chi connectivity index (χ0v) is 19.8. The van der Waals surface area contributed by atoms with Gasteiger partial charge >= 0.3 is 0 Å². The largest absolute Gasteiger partial charge is 0.497 e. The Morgan fingerprint density at radius 1 is 0.914 bits per heavy atom. The molecule has 1 aromatic heterocycles. The highest BCUT2D eigenvalue weighted by atomic mass is 19.1. The molecule has 2 heterocycles. The molecule has 0 aliphatic carbocycles. The molecular formula is C28H27FN4O2. The van der Waals surface area contributed by atoms with E-state index in [1.165, 1.54) is 17.3 Å². The fourth-order valence-corrected chi connectivity index (χ4v) is 4.48. The maximum atomic E-state index is 14.5. The van der Waals surface area contributed by atoms with E-state index >= 15 is 0 Å². The molecule has 0 unspecified atom stereocenters. The molecule has 0 N–H and O–H groups in total. The molecule has 1 amide bonds. The summed E-state index contributed by atoms with van der Waals surface area (Å²) >= 11 is 0. The minimum atomic E-state index is -0.377. The zero-order valence-electron chi connectivity index (χ0n) is 19.8. The van der Waals surface area contributed by atoms with Gasteiger partial charge in [0.1, 0.15) is 17.3 Å². The van der Waals surface area contributed by atoms with E-state index in [0.717, 1.165) is 13.1 Å². The van der Waals surface area contributed by atoms with E-state index in [1.807, 2.05) is 41.3 Å². The third kappa shape index (κ3) is 4.49. The van der Waals surface area contributed by atoms with Crippen molar-refractivity contribution in [2.45, 2.75) is 6.92 Å². The number of para-hydroxylation sites is 1. The quantitative estimate of drug-likeness (QED) is 0.414. The van der Waals surface area contributed by atoms with Gasteiger partial charge in [-0.2, -0.15) is 5.10 Å². The van der Waals surface area contributed by atoms with Crippen LogP contribution in [0.1, 0.15) is 16.1 Å². The van der Waals surface area contributed by atoms with Crippen LogP contribution in [0.25, 0.3) is 16.9 Å². The van der Waals surface area contributed by atoms with Crippen LogP contribution in [0.4, 0.5) is 10.1 Å². The number of hydrogen-bond donors (Lipinski definition) is 0. The van der Waals surface area contributed by atoms with Gasteiger partial charge in [-0.1, -0.05) is 30.3 Å². The maximum Gasteiger partial charge on any atom is 0.272 e. The van der Waals surface area contributed by atoms with Gasteiger partial charge in [0, 0.05) is 37.4 Å². The van der Waals surface area contributed by atoms with Crippen molar-refractivity contribution in [1.82, 2.24) is 14.7 Å². The predicted octanol–water partition coefficient (Wildman–Crippen LogP) is 4.96. The number of rotatable bonds is 5. The fraction of sp³-hybridized carbons (Fsp3) is 0.214. The average Bonchev–Trinajstić information content (AvgIpc) is 3.34. The second kappa shape index (κ2) is 9.62. The molecule has 0 bridgehead atoms. The van der Waals surface area contributed by atoms with Crippen LogP contribution in [0.15, 0.2) is 78.9 Å². The van der Waals surface area contributed by atoms with Crippen molar-refractivity contribution in [2.24, 2.45) is 0 Å². The number of amides is 1. The van der Waals surface area contributed by atoms with Crippen molar-refractivity contribution in [3.05, 3.63) is 95.9 Å². The van der Waals surface area contributed by atoms with Crippen LogP contribution in [0.2, 0.25) is 0 Å². The van der Waals surface area contributed by atoms with Crippen molar-refractivity contribution in [1.29, 1.82) is 0 Å². The SMILES string of the molecule is COc1ccc(-n2nc(-c3ccccc3F)cc2C(=O)N2CCN(c3ccccc3C)CC2)cc1. The Labute approximate surface area is 204 Å². The van der Waals surface area contributed by atoms with Crippen molar-refractivity contribution in [3.63, 3.8) is 0 Å². The Hall–Kier alpha value is -4.13. The Balaban J connectivity index is 1.45. The average molecular weight is 471 g/mol. The van der Waals surface area contributed by atoms with E-state index in [0.29, 0.717) is 41.5 Å².